The first-order valence-corrected chi connectivity index (χ1v) is 45.3. The molecular formula is C98H117N9O34. The summed E-state index contributed by atoms with van der Waals surface area (Å²) >= 11 is 0. The zero-order chi connectivity index (χ0) is 105. The highest BCUT2D eigenvalue weighted by molar-refractivity contribution is 6.26. The Morgan fingerprint density at radius 1 is 0.617 bits per heavy atom. The summed E-state index contributed by atoms with van der Waals surface area (Å²) in [5.41, 5.74) is -9.44. The van der Waals surface area contributed by atoms with Gasteiger partial charge in [-0.25, -0.2) is 14.4 Å². The number of ether oxygens (including phenoxy) is 5. The maximum absolute atomic E-state index is 14.9. The van der Waals surface area contributed by atoms with Gasteiger partial charge in [0.15, 0.2) is 40.3 Å². The standard InChI is InChI=1S/C43H53NO14.2C22H24N2O8.C11H16N4O4/c1-22-26(55-37(51)32(48)30(24-15-11-9-12-16-24)44-38(52)58-39(3,4)5)20-43(53)35(56-36(50)25-17-13-10-14-18-25)33-41(8,34(49)31(47)29(22)40(43,6)7)27(46)19-28-42(33,21-54-28)57-23(2)45;2*1-21(31)8-5-4-6-11(25)12(8)16(26)13-9(21)7-10-15(24(2)3)17(27)14(20(23)30)19(29)22(10,32)18(13)28;1-7(15-5-10(18)13-11(19)6-15)2-14-3-8(16)12-9(17)4-14/h9-18,26-28,30-33,35,46-48,53H,19-21H2,1-8H3,(H,44,52);2*4-6,9-10,15,25,27-28,31-32H,7H2,1-3H3,(H2,23,30);7H,2-6H2,1H3,(H,12,16,17)(H,13,18,19)/t26-,27-,28+,30-,31+,32+,33-,35-,41+,42-,43+;2*9-,10-,15-,21+,22-;7-/m0000/s1. The molecule has 12 aliphatic rings. The largest absolute Gasteiger partial charge is 0.510 e. The molecule has 141 heavy (non-hydrogen) atoms. The summed E-state index contributed by atoms with van der Waals surface area (Å²) in [5, 5.41) is 166. The number of hydrogen-bond donors (Lipinski definition) is 19. The summed E-state index contributed by atoms with van der Waals surface area (Å²) in [5.74, 6) is -22.4. The van der Waals surface area contributed by atoms with Gasteiger partial charge >= 0.3 is 24.0 Å². The third kappa shape index (κ3) is 17.7. The van der Waals surface area contributed by atoms with Crippen LogP contribution in [0.4, 0.5) is 4.79 Å². The van der Waals surface area contributed by atoms with Gasteiger partial charge < -0.3 is 112 Å². The summed E-state index contributed by atoms with van der Waals surface area (Å²) in [6.07, 6.45) is -11.9. The molecule has 7 amide bonds. The number of imide groups is 2. The molecule has 43 heteroatoms. The Kier molecular flexibility index (Phi) is 28.3. The third-order valence-electron chi connectivity index (χ3n) is 29.7. The predicted octanol–water partition coefficient (Wildman–Crippen LogP) is 0.122. The van der Waals surface area contributed by atoms with Crippen molar-refractivity contribution in [2.45, 2.75) is 202 Å². The molecule has 2 bridgehead atoms. The van der Waals surface area contributed by atoms with E-state index in [9.17, 15) is 143 Å². The van der Waals surface area contributed by atoms with E-state index in [2.05, 4.69) is 16.0 Å². The molecule has 21 N–H and O–H groups in total. The molecule has 22 atom stereocenters. The number of aliphatic hydroxyl groups excluding tert-OH is 7. The van der Waals surface area contributed by atoms with Crippen LogP contribution in [0.5, 0.6) is 11.5 Å². The van der Waals surface area contributed by atoms with Gasteiger partial charge in [-0.15, -0.1) is 0 Å². The summed E-state index contributed by atoms with van der Waals surface area (Å²) in [4.78, 5) is 197. The molecule has 758 valence electrons. The third-order valence-corrected chi connectivity index (χ3v) is 29.7. The van der Waals surface area contributed by atoms with Crippen molar-refractivity contribution in [1.82, 2.24) is 35.6 Å². The normalized spacial score (nSPS) is 32.7. The SMILES string of the molecule is CC(=O)O[C@@]12CO[C@@H]1C[C@H](O)[C@@]1(C)C(=O)[C@H](O)C3=C(C)[C@@H](OC(=O)[C@H](O)[C@@H](NC(=O)OC(C)(C)C)c4ccccc4)C[C@@](O)([C@@H](OC(=O)c4ccccc4)[C@H]21)C3(C)C.CN(C)[C@@H]1C(O)=C(C(N)=O)C(=O)[C@@]2(O)C(O)=C3C(=O)c4c(O)cccc4[C@@](C)(O)[C@H]3C[C@@H]12.CN(C)[C@@H]1C(O)=C(C(N)=O)C(=O)[C@@]2(O)C(O)=C3C(=O)c4c(O)cccc4[C@@](C)(O)[C@H]3C[C@@H]12.C[C@@H](CN1CC(=O)NC(=O)C1)N1CC(=O)NC(=O)C1. The van der Waals surface area contributed by atoms with Crippen LogP contribution < -0.4 is 27.4 Å². The number of fused-ring (bicyclic) bond motifs is 11. The summed E-state index contributed by atoms with van der Waals surface area (Å²) < 4.78 is 29.5. The lowest BCUT2D eigenvalue weighted by Crippen LogP contribution is -2.81. The number of benzene rings is 4. The van der Waals surface area contributed by atoms with Crippen LogP contribution >= 0.6 is 0 Å². The maximum atomic E-state index is 14.9. The van der Waals surface area contributed by atoms with E-state index in [4.69, 9.17) is 35.2 Å². The van der Waals surface area contributed by atoms with E-state index < -0.39 is 262 Å². The lowest BCUT2D eigenvalue weighted by Gasteiger charge is -2.67. The number of alkyl carbamates (subject to hydrolysis) is 1. The molecule has 0 unspecified atom stereocenters. The van der Waals surface area contributed by atoms with Crippen LogP contribution in [0.25, 0.3) is 0 Å². The minimum Gasteiger partial charge on any atom is -0.510 e. The number of primary amides is 2. The number of nitrogens with one attached hydrogen (secondary N) is 3. The number of phenols is 2. The fraction of sp³-hybridized carbons (Fsp3) is 0.500. The van der Waals surface area contributed by atoms with Gasteiger partial charge in [0.25, 0.3) is 11.8 Å². The highest BCUT2D eigenvalue weighted by atomic mass is 16.6. The van der Waals surface area contributed by atoms with E-state index in [0.29, 0.717) is 12.1 Å². The van der Waals surface area contributed by atoms with E-state index in [1.165, 1.54) is 114 Å². The molecule has 0 radical (unpaired) electrons. The average Bonchev–Trinajstić information content (AvgIpc) is 0.675. The molecule has 0 aromatic heterocycles. The second-order valence-corrected chi connectivity index (χ2v) is 40.4. The molecule has 3 heterocycles. The Bertz CT molecular complexity index is 5860. The van der Waals surface area contributed by atoms with Crippen molar-refractivity contribution in [3.63, 3.8) is 0 Å². The number of esters is 3. The number of carbonyl (C=O) groups excluding carboxylic acids is 15. The van der Waals surface area contributed by atoms with Crippen LogP contribution in [0.15, 0.2) is 154 Å². The Morgan fingerprint density at radius 3 is 1.48 bits per heavy atom. The van der Waals surface area contributed by atoms with E-state index in [-0.39, 0.29) is 121 Å². The van der Waals surface area contributed by atoms with Crippen molar-refractivity contribution in [2.75, 3.05) is 67.5 Å². The van der Waals surface area contributed by atoms with Crippen LogP contribution in [0, 0.1) is 40.4 Å². The minimum absolute atomic E-state index is 0.0637. The number of nitrogens with zero attached hydrogens (tertiary/aromatic N) is 4. The number of carbonyl (C=O) groups is 15. The van der Waals surface area contributed by atoms with Gasteiger partial charge in [0.1, 0.15) is 81.3 Å². The molecule has 0 spiro atoms. The molecule has 3 aliphatic heterocycles. The van der Waals surface area contributed by atoms with Crippen molar-refractivity contribution in [3.8, 4) is 11.5 Å². The molecule has 2 saturated carbocycles. The fourth-order valence-corrected chi connectivity index (χ4v) is 22.9. The van der Waals surface area contributed by atoms with Gasteiger partial charge in [0.05, 0.1) is 96.2 Å². The number of nitrogens with two attached hydrogens (primary N) is 2. The van der Waals surface area contributed by atoms with Crippen LogP contribution in [0.3, 0.4) is 0 Å². The Balaban J connectivity index is 0.000000171. The summed E-state index contributed by atoms with van der Waals surface area (Å²) in [6.45, 7) is 17.5. The number of piperazine rings is 2. The Labute approximate surface area is 807 Å². The predicted molar refractivity (Wildman–Crippen MR) is 486 cm³/mol. The number of ketones is 5. The van der Waals surface area contributed by atoms with Crippen molar-refractivity contribution in [2.24, 2.45) is 51.9 Å². The molecule has 16 rings (SSSR count). The number of likely N-dealkylation sites (N-methyl/N-ethyl adjacent to an activating group) is 2. The van der Waals surface area contributed by atoms with Crippen molar-refractivity contribution >= 4 is 88.4 Å². The van der Waals surface area contributed by atoms with Crippen LogP contribution in [-0.2, 0) is 87.6 Å². The number of aromatic hydroxyl groups is 2. The van der Waals surface area contributed by atoms with Gasteiger partial charge in [-0.2, -0.15) is 0 Å². The topological polar surface area (TPSA) is 687 Å². The average molecular weight is 1970 g/mol. The molecule has 4 aromatic rings. The smallest absolute Gasteiger partial charge is 0.408 e. The molecule has 9 aliphatic carbocycles. The van der Waals surface area contributed by atoms with Gasteiger partial charge in [0.2, 0.25) is 35.2 Å². The van der Waals surface area contributed by atoms with Crippen molar-refractivity contribution in [3.05, 3.63) is 187 Å². The molecule has 3 saturated heterocycles. The highest BCUT2D eigenvalue weighted by Gasteiger charge is 2.79. The summed E-state index contributed by atoms with van der Waals surface area (Å²) in [7, 11) is 6.12. The van der Waals surface area contributed by atoms with Gasteiger partial charge in [0, 0.05) is 72.6 Å². The number of rotatable bonds is 15. The van der Waals surface area contributed by atoms with Crippen LogP contribution in [0.2, 0.25) is 0 Å². The molecular weight excluding hydrogens is 1850 g/mol. The van der Waals surface area contributed by atoms with Crippen LogP contribution in [-0.4, -0.2) is 330 Å². The zero-order valence-corrected chi connectivity index (χ0v) is 79.8. The Morgan fingerprint density at radius 2 is 1.06 bits per heavy atom. The first-order valence-electron chi connectivity index (χ1n) is 45.3. The second-order valence-electron chi connectivity index (χ2n) is 40.4. The van der Waals surface area contributed by atoms with Crippen LogP contribution in [0.1, 0.15) is 156 Å². The lowest BCUT2D eigenvalue weighted by molar-refractivity contribution is -0.346. The maximum Gasteiger partial charge on any atom is 0.408 e. The van der Waals surface area contributed by atoms with Gasteiger partial charge in [-0.1, -0.05) is 86.6 Å². The fourth-order valence-electron chi connectivity index (χ4n) is 22.9. The summed E-state index contributed by atoms with van der Waals surface area (Å²) in [6, 6.07) is 20.6. The van der Waals surface area contributed by atoms with Crippen molar-refractivity contribution < 1.29 is 167 Å². The monoisotopic (exact) mass is 1960 g/mol. The number of phenolic OH excluding ortho intramolecular Hbond substituents is 2. The molecule has 5 fully saturated rings. The number of Topliss-reactive ketones (excluding diaryl/α,β-unsaturated/α-hetero) is 5. The quantitative estimate of drug-likeness (QED) is 0.0247. The number of amides is 7. The zero-order valence-electron chi connectivity index (χ0n) is 79.8. The van der Waals surface area contributed by atoms with E-state index >= 15 is 0 Å². The van der Waals surface area contributed by atoms with E-state index in [1.54, 1.807) is 92.9 Å². The van der Waals surface area contributed by atoms with Gasteiger partial charge in [-0.3, -0.25) is 87.8 Å². The first-order chi connectivity index (χ1) is 65.5. The molecule has 4 aromatic carbocycles. The highest BCUT2D eigenvalue weighted by Crippen LogP contribution is 2.66. The van der Waals surface area contributed by atoms with E-state index in [0.717, 1.165) is 6.92 Å². The first kappa shape index (κ1) is 105. The van der Waals surface area contributed by atoms with E-state index in [1.807, 2.05) is 6.92 Å². The minimum atomic E-state index is -2.75. The lowest BCUT2D eigenvalue weighted by atomic mass is 9.44. The van der Waals surface area contributed by atoms with Crippen molar-refractivity contribution in [1.29, 1.82) is 0 Å². The number of hydrogen-bond acceptors (Lipinski definition) is 38. The number of aliphatic hydroxyl groups is 12. The Hall–Kier alpha value is -12.9. The van der Waals surface area contributed by atoms with Gasteiger partial charge in [-0.05, 0) is 149 Å². The molecule has 43 nitrogen and oxygen atoms in total. The second kappa shape index (κ2) is 37.8.